The average Bonchev–Trinajstić information content (AvgIpc) is 2.98. The van der Waals surface area contributed by atoms with Crippen LogP contribution in [0.5, 0.6) is 0 Å². The zero-order valence-corrected chi connectivity index (χ0v) is 12.6. The van der Waals surface area contributed by atoms with Crippen LogP contribution in [-0.4, -0.2) is 25.6 Å². The second-order valence-corrected chi connectivity index (χ2v) is 6.34. The van der Waals surface area contributed by atoms with Gasteiger partial charge in [-0.25, -0.2) is 4.98 Å². The van der Waals surface area contributed by atoms with Crippen molar-refractivity contribution in [2.24, 2.45) is 5.92 Å². The fraction of sp³-hybridized carbons (Fsp3) is 0.786. The largest absolute Gasteiger partial charge is 0.351 e. The Morgan fingerprint density at radius 2 is 2.11 bits per heavy atom. The molecule has 3 nitrogen and oxygen atoms in total. The molecule has 1 aromatic heterocycles. The molecule has 0 aliphatic heterocycles. The van der Waals surface area contributed by atoms with Gasteiger partial charge < -0.3 is 10.2 Å². The molecule has 0 unspecified atom stereocenters. The third-order valence-electron chi connectivity index (χ3n) is 3.77. The molecule has 1 aromatic rings. The van der Waals surface area contributed by atoms with Gasteiger partial charge in [0.15, 0.2) is 5.13 Å². The van der Waals surface area contributed by atoms with Gasteiger partial charge in [0.05, 0.1) is 5.69 Å². The highest BCUT2D eigenvalue weighted by Crippen LogP contribution is 2.30. The van der Waals surface area contributed by atoms with Gasteiger partial charge in [-0.2, -0.15) is 0 Å². The lowest BCUT2D eigenvalue weighted by Gasteiger charge is -2.19. The summed E-state index contributed by atoms with van der Waals surface area (Å²) in [6.45, 7) is 4.31. The zero-order chi connectivity index (χ0) is 13.0. The molecule has 102 valence electrons. The maximum absolute atomic E-state index is 4.79. The van der Waals surface area contributed by atoms with Gasteiger partial charge >= 0.3 is 0 Å². The Morgan fingerprint density at radius 1 is 1.39 bits per heavy atom. The third-order valence-corrected chi connectivity index (χ3v) is 4.98. The van der Waals surface area contributed by atoms with E-state index in [1.54, 1.807) is 0 Å². The van der Waals surface area contributed by atoms with Crippen molar-refractivity contribution in [3.8, 4) is 0 Å². The van der Waals surface area contributed by atoms with Crippen molar-refractivity contribution in [3.05, 3.63) is 10.6 Å². The molecule has 0 radical (unpaired) electrons. The van der Waals surface area contributed by atoms with E-state index in [4.69, 9.17) is 4.98 Å². The molecule has 4 heteroatoms. The van der Waals surface area contributed by atoms with Crippen molar-refractivity contribution in [2.45, 2.75) is 45.6 Å². The van der Waals surface area contributed by atoms with Crippen LogP contribution in [0.1, 0.15) is 43.2 Å². The number of hydrogen-bond acceptors (Lipinski definition) is 4. The molecule has 0 saturated heterocycles. The highest BCUT2D eigenvalue weighted by Gasteiger charge is 2.19. The van der Waals surface area contributed by atoms with Gasteiger partial charge in [-0.1, -0.05) is 19.8 Å². The molecular formula is C14H25N3S. The van der Waals surface area contributed by atoms with Crippen LogP contribution in [0.2, 0.25) is 0 Å². The van der Waals surface area contributed by atoms with E-state index in [0.29, 0.717) is 0 Å². The highest BCUT2D eigenvalue weighted by atomic mass is 32.1. The van der Waals surface area contributed by atoms with Crippen molar-refractivity contribution in [1.29, 1.82) is 0 Å². The molecule has 1 N–H and O–H groups in total. The van der Waals surface area contributed by atoms with Crippen molar-refractivity contribution < 1.29 is 0 Å². The molecule has 0 atom stereocenters. The summed E-state index contributed by atoms with van der Waals surface area (Å²) in [7, 11) is 4.20. The molecule has 1 aliphatic carbocycles. The summed E-state index contributed by atoms with van der Waals surface area (Å²) < 4.78 is 0. The van der Waals surface area contributed by atoms with Crippen molar-refractivity contribution >= 4 is 16.5 Å². The Kier molecular flexibility index (Phi) is 5.01. The summed E-state index contributed by atoms with van der Waals surface area (Å²) >= 11 is 1.85. The maximum Gasteiger partial charge on any atom is 0.185 e. The molecule has 18 heavy (non-hydrogen) atoms. The normalized spacial score (nSPS) is 16.4. The van der Waals surface area contributed by atoms with Crippen LogP contribution in [0.25, 0.3) is 0 Å². The van der Waals surface area contributed by atoms with Gasteiger partial charge in [-0.15, -0.1) is 11.3 Å². The first-order chi connectivity index (χ1) is 8.74. The molecule has 1 heterocycles. The summed E-state index contributed by atoms with van der Waals surface area (Å²) in [4.78, 5) is 8.55. The fourth-order valence-corrected chi connectivity index (χ4v) is 3.90. The Morgan fingerprint density at radius 3 is 2.72 bits per heavy atom. The number of rotatable bonds is 6. The Balaban J connectivity index is 2.02. The minimum absolute atomic E-state index is 0.886. The molecule has 1 fully saturated rings. The molecule has 0 spiro atoms. The van der Waals surface area contributed by atoms with E-state index in [2.05, 4.69) is 24.2 Å². The Hall–Kier alpha value is -0.610. The van der Waals surface area contributed by atoms with Crippen LogP contribution >= 0.6 is 11.3 Å². The SMILES string of the molecule is CCc1nc(N(C)CC2CCCC2)sc1CNC. The Labute approximate surface area is 115 Å². The molecule has 0 bridgehead atoms. The van der Waals surface area contributed by atoms with Gasteiger partial charge in [-0.3, -0.25) is 0 Å². The second-order valence-electron chi connectivity index (χ2n) is 5.28. The summed E-state index contributed by atoms with van der Waals surface area (Å²) in [6.07, 6.45) is 6.67. The number of nitrogens with zero attached hydrogens (tertiary/aromatic N) is 2. The number of thiazole rings is 1. The van der Waals surface area contributed by atoms with Crippen molar-refractivity contribution in [3.63, 3.8) is 0 Å². The minimum Gasteiger partial charge on any atom is -0.351 e. The topological polar surface area (TPSA) is 28.2 Å². The first-order valence-electron chi connectivity index (χ1n) is 7.09. The minimum atomic E-state index is 0.886. The van der Waals surface area contributed by atoms with Crippen LogP contribution in [0.15, 0.2) is 0 Å². The molecule has 0 aromatic carbocycles. The molecular weight excluding hydrogens is 242 g/mol. The van der Waals surface area contributed by atoms with Gasteiger partial charge in [0.25, 0.3) is 0 Å². The number of anilines is 1. The first kappa shape index (κ1) is 13.8. The zero-order valence-electron chi connectivity index (χ0n) is 11.8. The van der Waals surface area contributed by atoms with Gasteiger partial charge in [0, 0.05) is 25.0 Å². The average molecular weight is 267 g/mol. The summed E-state index contributed by atoms with van der Waals surface area (Å²) in [5.74, 6) is 0.886. The van der Waals surface area contributed by atoms with Crippen LogP contribution < -0.4 is 10.2 Å². The van der Waals surface area contributed by atoms with Crippen LogP contribution in [0, 0.1) is 5.92 Å². The van der Waals surface area contributed by atoms with E-state index in [1.165, 1.54) is 47.9 Å². The van der Waals surface area contributed by atoms with Crippen LogP contribution in [0.4, 0.5) is 5.13 Å². The van der Waals surface area contributed by atoms with E-state index in [1.807, 2.05) is 18.4 Å². The number of aryl methyl sites for hydroxylation is 1. The molecule has 0 amide bonds. The lowest BCUT2D eigenvalue weighted by atomic mass is 10.1. The van der Waals surface area contributed by atoms with E-state index < -0.39 is 0 Å². The van der Waals surface area contributed by atoms with Gasteiger partial charge in [0.1, 0.15) is 0 Å². The fourth-order valence-electron chi connectivity index (χ4n) is 2.77. The molecule has 1 saturated carbocycles. The van der Waals surface area contributed by atoms with E-state index >= 15 is 0 Å². The second kappa shape index (κ2) is 6.53. The number of aromatic nitrogens is 1. The van der Waals surface area contributed by atoms with E-state index in [0.717, 1.165) is 18.9 Å². The standard InChI is InChI=1S/C14H25N3S/c1-4-12-13(9-15-2)18-14(16-12)17(3)10-11-7-5-6-8-11/h11,15H,4-10H2,1-3H3. The number of hydrogen-bond donors (Lipinski definition) is 1. The number of nitrogens with one attached hydrogen (secondary N) is 1. The Bertz CT molecular complexity index is 369. The maximum atomic E-state index is 4.79. The van der Waals surface area contributed by atoms with Gasteiger partial charge in [0.2, 0.25) is 0 Å². The predicted molar refractivity (Wildman–Crippen MR) is 79.5 cm³/mol. The van der Waals surface area contributed by atoms with E-state index in [-0.39, 0.29) is 0 Å². The summed E-state index contributed by atoms with van der Waals surface area (Å²) in [6, 6.07) is 0. The van der Waals surface area contributed by atoms with Crippen LogP contribution in [-0.2, 0) is 13.0 Å². The molecule has 1 aliphatic rings. The summed E-state index contributed by atoms with van der Waals surface area (Å²) in [5, 5.41) is 4.43. The lowest BCUT2D eigenvalue weighted by Crippen LogP contribution is -2.23. The quantitative estimate of drug-likeness (QED) is 0.858. The van der Waals surface area contributed by atoms with Gasteiger partial charge in [-0.05, 0) is 32.2 Å². The molecule has 2 rings (SSSR count). The predicted octanol–water partition coefficient (Wildman–Crippen LogP) is 3.05. The smallest absolute Gasteiger partial charge is 0.185 e. The third kappa shape index (κ3) is 3.23. The first-order valence-corrected chi connectivity index (χ1v) is 7.90. The summed E-state index contributed by atoms with van der Waals surface area (Å²) in [5.41, 5.74) is 1.27. The van der Waals surface area contributed by atoms with Crippen molar-refractivity contribution in [2.75, 3.05) is 25.5 Å². The highest BCUT2D eigenvalue weighted by molar-refractivity contribution is 7.15. The lowest BCUT2D eigenvalue weighted by molar-refractivity contribution is 0.546. The monoisotopic (exact) mass is 267 g/mol. The van der Waals surface area contributed by atoms with Crippen molar-refractivity contribution in [1.82, 2.24) is 10.3 Å². The van der Waals surface area contributed by atoms with E-state index in [9.17, 15) is 0 Å². The van der Waals surface area contributed by atoms with Crippen LogP contribution in [0.3, 0.4) is 0 Å².